The molecule has 17 heavy (non-hydrogen) atoms. The van der Waals surface area contributed by atoms with Gasteiger partial charge in [-0.25, -0.2) is 0 Å². The van der Waals surface area contributed by atoms with Gasteiger partial charge >= 0.3 is 0 Å². The van der Waals surface area contributed by atoms with Crippen LogP contribution < -0.4 is 5.73 Å². The van der Waals surface area contributed by atoms with E-state index in [0.717, 1.165) is 4.47 Å². The Morgan fingerprint density at radius 1 is 1.18 bits per heavy atom. The fourth-order valence-corrected chi connectivity index (χ4v) is 1.92. The van der Waals surface area contributed by atoms with E-state index in [0.29, 0.717) is 16.8 Å². The molecule has 0 saturated carbocycles. The molecule has 0 aliphatic heterocycles. The van der Waals surface area contributed by atoms with Crippen LogP contribution in [-0.4, -0.2) is 10.9 Å². The Morgan fingerprint density at radius 2 is 1.94 bits per heavy atom. The normalized spacial score (nSPS) is 10.2. The lowest BCUT2D eigenvalue weighted by atomic mass is 10.0. The number of hydrogen-bond acceptors (Lipinski definition) is 3. The second-order valence-corrected chi connectivity index (χ2v) is 4.53. The van der Waals surface area contributed by atoms with Crippen LogP contribution in [0.5, 0.6) is 5.75 Å². The largest absolute Gasteiger partial charge is 0.508 e. The van der Waals surface area contributed by atoms with Crippen molar-refractivity contribution in [2.75, 3.05) is 5.73 Å². The van der Waals surface area contributed by atoms with Crippen molar-refractivity contribution < 1.29 is 9.90 Å². The Hall–Kier alpha value is -1.81. The molecule has 0 fully saturated rings. The molecule has 0 amide bonds. The number of phenols is 1. The van der Waals surface area contributed by atoms with Crippen molar-refractivity contribution in [3.63, 3.8) is 0 Å². The van der Waals surface area contributed by atoms with Crippen molar-refractivity contribution in [2.45, 2.75) is 0 Å². The van der Waals surface area contributed by atoms with Crippen molar-refractivity contribution in [1.82, 2.24) is 0 Å². The van der Waals surface area contributed by atoms with E-state index in [9.17, 15) is 9.90 Å². The molecular weight excluding hydrogens is 282 g/mol. The van der Waals surface area contributed by atoms with Crippen LogP contribution in [0.25, 0.3) is 0 Å². The summed E-state index contributed by atoms with van der Waals surface area (Å²) in [4.78, 5) is 12.1. The summed E-state index contributed by atoms with van der Waals surface area (Å²) in [6.07, 6.45) is 0. The Kier molecular flexibility index (Phi) is 3.15. The van der Waals surface area contributed by atoms with Crippen molar-refractivity contribution in [3.8, 4) is 5.75 Å². The maximum atomic E-state index is 12.1. The monoisotopic (exact) mass is 291 g/mol. The van der Waals surface area contributed by atoms with Gasteiger partial charge in [0, 0.05) is 21.3 Å². The van der Waals surface area contributed by atoms with Gasteiger partial charge in [0.15, 0.2) is 5.78 Å². The maximum absolute atomic E-state index is 12.1. The third kappa shape index (κ3) is 2.47. The van der Waals surface area contributed by atoms with E-state index >= 15 is 0 Å². The minimum Gasteiger partial charge on any atom is -0.508 e. The summed E-state index contributed by atoms with van der Waals surface area (Å²) >= 11 is 3.28. The number of anilines is 1. The van der Waals surface area contributed by atoms with Crippen LogP contribution in [0.4, 0.5) is 5.69 Å². The fraction of sp³-hybridized carbons (Fsp3) is 0. The number of nitrogen functional groups attached to an aromatic ring is 1. The Balaban J connectivity index is 2.44. The zero-order valence-electron chi connectivity index (χ0n) is 8.85. The first kappa shape index (κ1) is 11.7. The number of halogens is 1. The number of nitrogens with two attached hydrogens (primary N) is 1. The smallest absolute Gasteiger partial charge is 0.195 e. The second-order valence-electron chi connectivity index (χ2n) is 3.61. The fourth-order valence-electron chi connectivity index (χ4n) is 1.54. The Labute approximate surface area is 107 Å². The van der Waals surface area contributed by atoms with E-state index in [1.54, 1.807) is 30.3 Å². The highest BCUT2D eigenvalue weighted by molar-refractivity contribution is 9.10. The van der Waals surface area contributed by atoms with Gasteiger partial charge in [0.25, 0.3) is 0 Å². The highest BCUT2D eigenvalue weighted by atomic mass is 79.9. The predicted molar refractivity (Wildman–Crippen MR) is 70.1 cm³/mol. The van der Waals surface area contributed by atoms with Gasteiger partial charge in [-0.15, -0.1) is 0 Å². The summed E-state index contributed by atoms with van der Waals surface area (Å²) in [6.45, 7) is 0. The molecule has 0 aliphatic rings. The molecule has 3 N–H and O–H groups in total. The molecule has 0 aromatic heterocycles. The van der Waals surface area contributed by atoms with Crippen LogP contribution >= 0.6 is 15.9 Å². The van der Waals surface area contributed by atoms with E-state index in [2.05, 4.69) is 15.9 Å². The zero-order valence-corrected chi connectivity index (χ0v) is 10.4. The molecule has 2 aromatic carbocycles. The number of carbonyl (C=O) groups excluding carboxylic acids is 1. The molecule has 0 bridgehead atoms. The van der Waals surface area contributed by atoms with Crippen LogP contribution in [0.3, 0.4) is 0 Å². The molecule has 2 rings (SSSR count). The molecular formula is C13H10BrNO2. The lowest BCUT2D eigenvalue weighted by molar-refractivity contribution is 0.103. The van der Waals surface area contributed by atoms with Crippen molar-refractivity contribution in [1.29, 1.82) is 0 Å². The van der Waals surface area contributed by atoms with Crippen molar-refractivity contribution in [3.05, 3.63) is 58.1 Å². The standard InChI is InChI=1S/C13H10BrNO2/c14-9-4-5-11(12(15)7-9)13(17)8-2-1-3-10(16)6-8/h1-7,16H,15H2. The molecule has 0 saturated heterocycles. The number of rotatable bonds is 2. The number of benzene rings is 2. The summed E-state index contributed by atoms with van der Waals surface area (Å²) in [7, 11) is 0. The van der Waals surface area contributed by atoms with Crippen LogP contribution in [0.1, 0.15) is 15.9 Å². The van der Waals surface area contributed by atoms with E-state index < -0.39 is 0 Å². The molecule has 0 spiro atoms. The second kappa shape index (κ2) is 4.59. The average molecular weight is 292 g/mol. The first-order chi connectivity index (χ1) is 8.08. The van der Waals surface area contributed by atoms with Crippen molar-refractivity contribution >= 4 is 27.4 Å². The van der Waals surface area contributed by atoms with Crippen LogP contribution in [-0.2, 0) is 0 Å². The lowest BCUT2D eigenvalue weighted by Crippen LogP contribution is -2.05. The SMILES string of the molecule is Nc1cc(Br)ccc1C(=O)c1cccc(O)c1. The number of phenolic OH excluding ortho intramolecular Hbond substituents is 1. The minimum atomic E-state index is -0.203. The first-order valence-corrected chi connectivity index (χ1v) is 5.76. The van der Waals surface area contributed by atoms with Crippen LogP contribution in [0, 0.1) is 0 Å². The van der Waals surface area contributed by atoms with Gasteiger partial charge in [-0.1, -0.05) is 28.1 Å². The summed E-state index contributed by atoms with van der Waals surface area (Å²) in [5.74, 6) is -0.141. The third-order valence-corrected chi connectivity index (χ3v) is 2.86. The summed E-state index contributed by atoms with van der Waals surface area (Å²) in [5.41, 5.74) is 7.04. The Morgan fingerprint density at radius 3 is 2.59 bits per heavy atom. The molecule has 4 heteroatoms. The summed E-state index contributed by atoms with van der Waals surface area (Å²) in [5, 5.41) is 9.33. The number of hydrogen-bond donors (Lipinski definition) is 2. The molecule has 86 valence electrons. The molecule has 3 nitrogen and oxygen atoms in total. The van der Waals surface area contributed by atoms with Gasteiger partial charge in [-0.2, -0.15) is 0 Å². The highest BCUT2D eigenvalue weighted by Gasteiger charge is 2.12. The van der Waals surface area contributed by atoms with Gasteiger partial charge in [0.1, 0.15) is 5.75 Å². The first-order valence-electron chi connectivity index (χ1n) is 4.96. The summed E-state index contributed by atoms with van der Waals surface area (Å²) < 4.78 is 0.822. The molecule has 0 unspecified atom stereocenters. The van der Waals surface area contributed by atoms with Crippen molar-refractivity contribution in [2.24, 2.45) is 0 Å². The van der Waals surface area contributed by atoms with E-state index in [-0.39, 0.29) is 11.5 Å². The topological polar surface area (TPSA) is 63.3 Å². The van der Waals surface area contributed by atoms with Crippen LogP contribution in [0.15, 0.2) is 46.9 Å². The molecule has 0 radical (unpaired) electrons. The highest BCUT2D eigenvalue weighted by Crippen LogP contribution is 2.22. The van der Waals surface area contributed by atoms with Gasteiger partial charge in [-0.05, 0) is 30.3 Å². The summed E-state index contributed by atoms with van der Waals surface area (Å²) in [6, 6.07) is 11.3. The van der Waals surface area contributed by atoms with Gasteiger partial charge < -0.3 is 10.8 Å². The molecule has 0 aliphatic carbocycles. The number of ketones is 1. The number of aromatic hydroxyl groups is 1. The Bertz CT molecular complexity index is 581. The van der Waals surface area contributed by atoms with Gasteiger partial charge in [0.2, 0.25) is 0 Å². The number of carbonyl (C=O) groups is 1. The van der Waals surface area contributed by atoms with E-state index in [1.807, 2.05) is 0 Å². The molecule has 0 heterocycles. The zero-order chi connectivity index (χ0) is 12.4. The van der Waals surface area contributed by atoms with Gasteiger partial charge in [-0.3, -0.25) is 4.79 Å². The maximum Gasteiger partial charge on any atom is 0.195 e. The lowest BCUT2D eigenvalue weighted by Gasteiger charge is -2.05. The minimum absolute atomic E-state index is 0.0616. The van der Waals surface area contributed by atoms with E-state index in [4.69, 9.17) is 5.73 Å². The predicted octanol–water partition coefficient (Wildman–Crippen LogP) is 2.97. The van der Waals surface area contributed by atoms with E-state index in [1.165, 1.54) is 12.1 Å². The molecule has 2 aromatic rings. The van der Waals surface area contributed by atoms with Gasteiger partial charge in [0.05, 0.1) is 0 Å². The molecule has 0 atom stereocenters. The van der Waals surface area contributed by atoms with Crippen LogP contribution in [0.2, 0.25) is 0 Å². The quantitative estimate of drug-likeness (QED) is 0.660. The third-order valence-electron chi connectivity index (χ3n) is 2.37. The average Bonchev–Trinajstić information content (AvgIpc) is 2.28.